The van der Waals surface area contributed by atoms with Gasteiger partial charge in [0.05, 0.1) is 19.4 Å². The highest BCUT2D eigenvalue weighted by Crippen LogP contribution is 2.56. The number of carboxylic acid groups (broad SMARTS) is 1. The highest BCUT2D eigenvalue weighted by Gasteiger charge is 2.48. The molecule has 31 heavy (non-hydrogen) atoms. The fourth-order valence-corrected chi connectivity index (χ4v) is 3.75. The fourth-order valence-electron chi connectivity index (χ4n) is 3.75. The molecule has 1 aliphatic rings. The molecule has 1 heterocycles. The molecule has 1 aromatic heterocycles. The van der Waals surface area contributed by atoms with Crippen LogP contribution in [-0.4, -0.2) is 43.1 Å². The molecule has 1 atom stereocenters. The van der Waals surface area contributed by atoms with Crippen LogP contribution in [0.15, 0.2) is 23.1 Å². The van der Waals surface area contributed by atoms with Crippen molar-refractivity contribution in [1.29, 1.82) is 0 Å². The lowest BCUT2D eigenvalue weighted by molar-refractivity contribution is 0.0693. The lowest BCUT2D eigenvalue weighted by Gasteiger charge is -2.20. The van der Waals surface area contributed by atoms with E-state index in [1.807, 2.05) is 13.8 Å². The molecule has 1 fully saturated rings. The van der Waals surface area contributed by atoms with E-state index in [4.69, 9.17) is 14.2 Å². The summed E-state index contributed by atoms with van der Waals surface area (Å²) in [5, 5.41) is 9.38. The van der Waals surface area contributed by atoms with E-state index in [0.717, 1.165) is 6.42 Å². The van der Waals surface area contributed by atoms with Gasteiger partial charge in [-0.3, -0.25) is 4.79 Å². The number of benzene rings is 1. The molecule has 1 saturated carbocycles. The first-order chi connectivity index (χ1) is 14.6. The summed E-state index contributed by atoms with van der Waals surface area (Å²) in [4.78, 5) is 24.0. The van der Waals surface area contributed by atoms with Gasteiger partial charge in [-0.25, -0.2) is 9.18 Å². The fraction of sp³-hybridized carbons (Fsp3) is 0.478. The van der Waals surface area contributed by atoms with E-state index >= 15 is 4.39 Å². The van der Waals surface area contributed by atoms with Crippen LogP contribution in [0.4, 0.5) is 4.39 Å². The summed E-state index contributed by atoms with van der Waals surface area (Å²) in [5.74, 6) is -1.63. The molecule has 0 saturated heterocycles. The van der Waals surface area contributed by atoms with Crippen molar-refractivity contribution >= 4 is 5.97 Å². The summed E-state index contributed by atoms with van der Waals surface area (Å²) in [6.45, 7) is 6.80. The van der Waals surface area contributed by atoms with E-state index in [1.54, 1.807) is 30.7 Å². The van der Waals surface area contributed by atoms with E-state index in [2.05, 4.69) is 0 Å². The number of pyridine rings is 1. The quantitative estimate of drug-likeness (QED) is 0.600. The van der Waals surface area contributed by atoms with Crippen molar-refractivity contribution in [2.24, 2.45) is 5.41 Å². The summed E-state index contributed by atoms with van der Waals surface area (Å²) in [6.07, 6.45) is 2.70. The average molecular weight is 433 g/mol. The molecule has 0 spiro atoms. The molecule has 0 radical (unpaired) electrons. The number of rotatable bonds is 9. The molecule has 0 aliphatic heterocycles. The molecule has 7 nitrogen and oxygen atoms in total. The van der Waals surface area contributed by atoms with Crippen molar-refractivity contribution in [3.63, 3.8) is 0 Å². The van der Waals surface area contributed by atoms with E-state index < -0.39 is 22.8 Å². The van der Waals surface area contributed by atoms with Crippen LogP contribution in [0.3, 0.4) is 0 Å². The molecule has 3 rings (SSSR count). The third kappa shape index (κ3) is 4.44. The van der Waals surface area contributed by atoms with Gasteiger partial charge in [0.25, 0.3) is 0 Å². The Morgan fingerprint density at radius 3 is 2.48 bits per heavy atom. The van der Waals surface area contributed by atoms with Gasteiger partial charge in [0.2, 0.25) is 5.43 Å². The molecule has 1 aromatic carbocycles. The number of ether oxygens (including phenoxy) is 3. The van der Waals surface area contributed by atoms with E-state index in [1.165, 1.54) is 13.3 Å². The second kappa shape index (κ2) is 8.70. The Bertz CT molecular complexity index is 1060. The monoisotopic (exact) mass is 433 g/mol. The third-order valence-corrected chi connectivity index (χ3v) is 5.72. The highest BCUT2D eigenvalue weighted by atomic mass is 19.1. The van der Waals surface area contributed by atoms with Gasteiger partial charge in [-0.2, -0.15) is 0 Å². The van der Waals surface area contributed by atoms with Crippen molar-refractivity contribution in [3.8, 4) is 22.8 Å². The maximum absolute atomic E-state index is 15.3. The van der Waals surface area contributed by atoms with E-state index in [0.29, 0.717) is 42.3 Å². The second-order valence-electron chi connectivity index (χ2n) is 8.47. The van der Waals surface area contributed by atoms with E-state index in [9.17, 15) is 14.7 Å². The molecular weight excluding hydrogens is 405 g/mol. The predicted octanol–water partition coefficient (Wildman–Crippen LogP) is 4.06. The topological polar surface area (TPSA) is 87.0 Å². The summed E-state index contributed by atoms with van der Waals surface area (Å²) in [6, 6.07) is 3.25. The minimum atomic E-state index is -1.45. The number of carbonyl (C=O) groups is 1. The SMILES string of the molecule is COCCCOc1cc(C)c(-c2c(F)c(=O)c(C(=O)O)cn2[C@@H]2CC2(C)C)cc1OC. The van der Waals surface area contributed by atoms with Crippen LogP contribution in [0.1, 0.15) is 48.7 Å². The Labute approximate surface area is 180 Å². The average Bonchev–Trinajstić information content (AvgIpc) is 3.35. The van der Waals surface area contributed by atoms with Crippen LogP contribution in [-0.2, 0) is 4.74 Å². The summed E-state index contributed by atoms with van der Waals surface area (Å²) < 4.78 is 33.2. The smallest absolute Gasteiger partial charge is 0.341 e. The van der Waals surface area contributed by atoms with Gasteiger partial charge in [-0.1, -0.05) is 13.8 Å². The summed E-state index contributed by atoms with van der Waals surface area (Å²) in [5.41, 5.74) is -0.644. The Morgan fingerprint density at radius 2 is 1.94 bits per heavy atom. The normalized spacial score (nSPS) is 16.8. The van der Waals surface area contributed by atoms with Crippen molar-refractivity contribution in [2.45, 2.75) is 39.7 Å². The van der Waals surface area contributed by atoms with Crippen molar-refractivity contribution < 1.29 is 28.5 Å². The number of hydrogen-bond acceptors (Lipinski definition) is 5. The van der Waals surface area contributed by atoms with Crippen LogP contribution < -0.4 is 14.9 Å². The van der Waals surface area contributed by atoms with Crippen LogP contribution in [0, 0.1) is 18.2 Å². The summed E-state index contributed by atoms with van der Waals surface area (Å²) >= 11 is 0. The van der Waals surface area contributed by atoms with Gasteiger partial charge < -0.3 is 23.9 Å². The number of aryl methyl sites for hydroxylation is 1. The number of carboxylic acids is 1. The molecule has 2 aromatic rings. The summed E-state index contributed by atoms with van der Waals surface area (Å²) in [7, 11) is 3.10. The van der Waals surface area contributed by atoms with Gasteiger partial charge in [-0.05, 0) is 36.5 Å². The maximum atomic E-state index is 15.3. The van der Waals surface area contributed by atoms with Crippen LogP contribution in [0.2, 0.25) is 0 Å². The lowest BCUT2D eigenvalue weighted by Crippen LogP contribution is -2.24. The molecule has 1 N–H and O–H groups in total. The first-order valence-electron chi connectivity index (χ1n) is 10.1. The van der Waals surface area contributed by atoms with Gasteiger partial charge in [0, 0.05) is 37.9 Å². The van der Waals surface area contributed by atoms with E-state index in [-0.39, 0.29) is 17.2 Å². The molecule has 0 amide bonds. The van der Waals surface area contributed by atoms with Gasteiger partial charge in [0.1, 0.15) is 5.56 Å². The van der Waals surface area contributed by atoms with Crippen LogP contribution in [0.5, 0.6) is 11.5 Å². The van der Waals surface area contributed by atoms with Crippen LogP contribution in [0.25, 0.3) is 11.3 Å². The lowest BCUT2D eigenvalue weighted by atomic mass is 10.0. The molecular formula is C23H28FNO6. The molecule has 1 aliphatic carbocycles. The van der Waals surface area contributed by atoms with Crippen molar-refractivity contribution in [2.75, 3.05) is 27.4 Å². The number of halogens is 1. The molecule has 0 unspecified atom stereocenters. The zero-order chi connectivity index (χ0) is 22.9. The Hall–Kier alpha value is -2.87. The Kier molecular flexibility index (Phi) is 6.40. The zero-order valence-electron chi connectivity index (χ0n) is 18.5. The predicted molar refractivity (Wildman–Crippen MR) is 114 cm³/mol. The molecule has 8 heteroatoms. The maximum Gasteiger partial charge on any atom is 0.341 e. The Morgan fingerprint density at radius 1 is 1.26 bits per heavy atom. The zero-order valence-corrected chi connectivity index (χ0v) is 18.5. The Balaban J connectivity index is 2.14. The third-order valence-electron chi connectivity index (χ3n) is 5.72. The molecule has 168 valence electrons. The number of aromatic nitrogens is 1. The number of nitrogens with zero attached hydrogens (tertiary/aromatic N) is 1. The van der Waals surface area contributed by atoms with Gasteiger partial charge >= 0.3 is 5.97 Å². The first kappa shape index (κ1) is 22.8. The number of methoxy groups -OCH3 is 2. The van der Waals surface area contributed by atoms with Crippen molar-refractivity contribution in [3.05, 3.63) is 45.5 Å². The van der Waals surface area contributed by atoms with Crippen LogP contribution >= 0.6 is 0 Å². The van der Waals surface area contributed by atoms with Gasteiger partial charge in [0.15, 0.2) is 17.3 Å². The second-order valence-corrected chi connectivity index (χ2v) is 8.47. The van der Waals surface area contributed by atoms with Gasteiger partial charge in [-0.15, -0.1) is 0 Å². The first-order valence-corrected chi connectivity index (χ1v) is 10.1. The standard InChI is InChI=1S/C23H28FNO6/c1-13-9-17(31-8-6-7-29-4)16(30-5)10-14(13)20-19(24)21(26)15(22(27)28)12-25(20)18-11-23(18,2)3/h9-10,12,18H,6-8,11H2,1-5H3,(H,27,28)/t18-/m1/s1. The minimum Gasteiger partial charge on any atom is -0.493 e. The van der Waals surface area contributed by atoms with Crippen molar-refractivity contribution in [1.82, 2.24) is 4.57 Å². The largest absolute Gasteiger partial charge is 0.493 e. The highest BCUT2D eigenvalue weighted by molar-refractivity contribution is 5.88. The number of aromatic carboxylic acids is 1. The number of hydrogen-bond donors (Lipinski definition) is 1. The molecule has 0 bridgehead atoms. The minimum absolute atomic E-state index is 0.0623.